The second-order valence-electron chi connectivity index (χ2n) is 3.10. The lowest BCUT2D eigenvalue weighted by atomic mass is 10.4. The number of aliphatic carboxylic acids is 1. The van der Waals surface area contributed by atoms with Gasteiger partial charge >= 0.3 is 5.97 Å². The Balaban J connectivity index is 0. The van der Waals surface area contributed by atoms with Gasteiger partial charge in [0.25, 0.3) is 0 Å². The fourth-order valence-corrected chi connectivity index (χ4v) is 0.510. The van der Waals surface area contributed by atoms with Crippen LogP contribution >= 0.6 is 0 Å². The van der Waals surface area contributed by atoms with Crippen LogP contribution in [-0.4, -0.2) is 58.4 Å². The summed E-state index contributed by atoms with van der Waals surface area (Å²) in [4.78, 5) is 9.56. The minimum atomic E-state index is -1.03. The molecule has 16 heavy (non-hydrogen) atoms. The molecule has 0 rings (SSSR count). The lowest BCUT2D eigenvalue weighted by molar-refractivity contribution is -0.131. The standard InChI is InChI=1S/C6H14O3.C4H6O3/c1-5(8)4-9-6(2)3-7;5-3-1-2-4(6)7/h5-8H,3-4H2,1-2H3;1-2,5H,3H2,(H,6,7). The molecule has 0 fully saturated rings. The van der Waals surface area contributed by atoms with E-state index in [1.54, 1.807) is 13.8 Å². The van der Waals surface area contributed by atoms with E-state index in [4.69, 9.17) is 25.2 Å². The van der Waals surface area contributed by atoms with E-state index in [-0.39, 0.29) is 19.3 Å². The largest absolute Gasteiger partial charge is 0.478 e. The average Bonchev–Trinajstić information content (AvgIpc) is 2.23. The third-order valence-electron chi connectivity index (χ3n) is 1.24. The van der Waals surface area contributed by atoms with E-state index in [0.29, 0.717) is 6.61 Å². The van der Waals surface area contributed by atoms with Gasteiger partial charge in [0.1, 0.15) is 0 Å². The van der Waals surface area contributed by atoms with Crippen LogP contribution in [0.1, 0.15) is 13.8 Å². The summed E-state index contributed by atoms with van der Waals surface area (Å²) in [5.41, 5.74) is 0. The lowest BCUT2D eigenvalue weighted by Crippen LogP contribution is -2.19. The first-order valence-corrected chi connectivity index (χ1v) is 4.84. The van der Waals surface area contributed by atoms with E-state index < -0.39 is 12.1 Å². The number of carboxylic acids is 1. The first-order valence-electron chi connectivity index (χ1n) is 4.84. The Bertz CT molecular complexity index is 190. The number of ether oxygens (including phenoxy) is 1. The van der Waals surface area contributed by atoms with E-state index in [2.05, 4.69) is 0 Å². The molecule has 0 aliphatic carbocycles. The minimum absolute atomic E-state index is 0.00667. The van der Waals surface area contributed by atoms with Gasteiger partial charge in [-0.25, -0.2) is 4.79 Å². The molecule has 0 radical (unpaired) electrons. The molecule has 6 heteroatoms. The van der Waals surface area contributed by atoms with Crippen LogP contribution in [-0.2, 0) is 9.53 Å². The van der Waals surface area contributed by atoms with Crippen molar-refractivity contribution in [2.45, 2.75) is 26.1 Å². The van der Waals surface area contributed by atoms with Crippen molar-refractivity contribution < 1.29 is 30.0 Å². The molecule has 0 aromatic rings. The van der Waals surface area contributed by atoms with Crippen molar-refractivity contribution in [2.75, 3.05) is 19.8 Å². The summed E-state index contributed by atoms with van der Waals surface area (Å²) in [5.74, 6) is -1.03. The smallest absolute Gasteiger partial charge is 0.328 e. The Kier molecular flexibility index (Phi) is 13.2. The maximum Gasteiger partial charge on any atom is 0.328 e. The number of aliphatic hydroxyl groups excluding tert-OH is 3. The number of hydrogen-bond donors (Lipinski definition) is 4. The van der Waals surface area contributed by atoms with Crippen LogP contribution in [0.25, 0.3) is 0 Å². The number of hydrogen-bond acceptors (Lipinski definition) is 5. The molecule has 0 saturated carbocycles. The summed E-state index contributed by atoms with van der Waals surface area (Å²) in [6.45, 7) is 3.48. The normalized spacial score (nSPS) is 14.1. The third kappa shape index (κ3) is 18.8. The fraction of sp³-hybridized carbons (Fsp3) is 0.700. The summed E-state index contributed by atoms with van der Waals surface area (Å²) in [6.07, 6.45) is 1.43. The molecule has 0 bridgehead atoms. The van der Waals surface area contributed by atoms with Gasteiger partial charge in [0.05, 0.1) is 32.0 Å². The molecule has 0 aliphatic rings. The van der Waals surface area contributed by atoms with Gasteiger partial charge in [-0.05, 0) is 13.8 Å². The molecule has 0 amide bonds. The van der Waals surface area contributed by atoms with E-state index in [1.807, 2.05) is 0 Å². The fourth-order valence-electron chi connectivity index (χ4n) is 0.510. The summed E-state index contributed by atoms with van der Waals surface area (Å²) < 4.78 is 4.95. The third-order valence-corrected chi connectivity index (χ3v) is 1.24. The van der Waals surface area contributed by atoms with Gasteiger partial charge in [-0.15, -0.1) is 0 Å². The summed E-state index contributed by atoms with van der Waals surface area (Å²) in [5, 5.41) is 32.9. The van der Waals surface area contributed by atoms with Crippen molar-refractivity contribution in [3.63, 3.8) is 0 Å². The molecule has 0 aliphatic heterocycles. The first kappa shape index (κ1) is 17.4. The second-order valence-corrected chi connectivity index (χ2v) is 3.10. The van der Waals surface area contributed by atoms with E-state index in [9.17, 15) is 4.79 Å². The Morgan fingerprint density at radius 3 is 2.19 bits per heavy atom. The lowest BCUT2D eigenvalue weighted by Gasteiger charge is -2.10. The summed E-state index contributed by atoms with van der Waals surface area (Å²) in [7, 11) is 0. The molecule has 96 valence electrons. The molecule has 2 atom stereocenters. The van der Waals surface area contributed by atoms with E-state index in [0.717, 1.165) is 12.2 Å². The molecule has 6 nitrogen and oxygen atoms in total. The summed E-state index contributed by atoms with van der Waals surface area (Å²) in [6, 6.07) is 0. The Labute approximate surface area is 94.8 Å². The number of carbonyl (C=O) groups is 1. The molecule has 0 saturated heterocycles. The molecular weight excluding hydrogens is 216 g/mol. The zero-order valence-electron chi connectivity index (χ0n) is 9.54. The first-order chi connectivity index (χ1) is 7.43. The van der Waals surface area contributed by atoms with Crippen LogP contribution in [0, 0.1) is 0 Å². The van der Waals surface area contributed by atoms with E-state index in [1.165, 1.54) is 0 Å². The van der Waals surface area contributed by atoms with Crippen molar-refractivity contribution in [3.8, 4) is 0 Å². The topological polar surface area (TPSA) is 107 Å². The van der Waals surface area contributed by atoms with Crippen molar-refractivity contribution in [1.29, 1.82) is 0 Å². The predicted molar refractivity (Wildman–Crippen MR) is 58.0 cm³/mol. The SMILES string of the molecule is CC(O)COC(C)CO.O=C(O)C=CCO. The average molecular weight is 236 g/mol. The Hall–Kier alpha value is -0.950. The monoisotopic (exact) mass is 236 g/mol. The number of carboxylic acid groups (broad SMARTS) is 1. The van der Waals surface area contributed by atoms with Crippen molar-refractivity contribution in [1.82, 2.24) is 0 Å². The van der Waals surface area contributed by atoms with Crippen LogP contribution in [0.15, 0.2) is 12.2 Å². The van der Waals surface area contributed by atoms with Gasteiger partial charge in [0.2, 0.25) is 0 Å². The predicted octanol–water partition coefficient (Wildman–Crippen LogP) is -0.616. The van der Waals surface area contributed by atoms with Gasteiger partial charge < -0.3 is 25.2 Å². The van der Waals surface area contributed by atoms with Crippen LogP contribution in [0.4, 0.5) is 0 Å². The maximum absolute atomic E-state index is 9.56. The highest BCUT2D eigenvalue weighted by Gasteiger charge is 2.00. The Morgan fingerprint density at radius 2 is 1.94 bits per heavy atom. The second kappa shape index (κ2) is 12.1. The van der Waals surface area contributed by atoms with Crippen LogP contribution in [0.2, 0.25) is 0 Å². The molecule has 0 aromatic carbocycles. The molecule has 0 spiro atoms. The molecule has 0 heterocycles. The van der Waals surface area contributed by atoms with Gasteiger partial charge in [0, 0.05) is 6.08 Å². The number of aliphatic hydroxyl groups is 3. The van der Waals surface area contributed by atoms with Crippen molar-refractivity contribution in [3.05, 3.63) is 12.2 Å². The van der Waals surface area contributed by atoms with Crippen LogP contribution < -0.4 is 0 Å². The van der Waals surface area contributed by atoms with Gasteiger partial charge in [-0.3, -0.25) is 0 Å². The van der Waals surface area contributed by atoms with Gasteiger partial charge in [-0.1, -0.05) is 6.08 Å². The molecule has 0 aromatic heterocycles. The van der Waals surface area contributed by atoms with Gasteiger partial charge in [0.15, 0.2) is 0 Å². The van der Waals surface area contributed by atoms with Gasteiger partial charge in [-0.2, -0.15) is 0 Å². The van der Waals surface area contributed by atoms with Crippen molar-refractivity contribution in [2.24, 2.45) is 0 Å². The Morgan fingerprint density at radius 1 is 1.38 bits per heavy atom. The maximum atomic E-state index is 9.56. The van der Waals surface area contributed by atoms with E-state index >= 15 is 0 Å². The van der Waals surface area contributed by atoms with Crippen molar-refractivity contribution >= 4 is 5.97 Å². The zero-order valence-corrected chi connectivity index (χ0v) is 9.54. The highest BCUT2D eigenvalue weighted by atomic mass is 16.5. The summed E-state index contributed by atoms with van der Waals surface area (Å²) >= 11 is 0. The minimum Gasteiger partial charge on any atom is -0.478 e. The quantitative estimate of drug-likeness (QED) is 0.458. The molecule has 2 unspecified atom stereocenters. The molecule has 4 N–H and O–H groups in total. The zero-order chi connectivity index (χ0) is 13.0. The van der Waals surface area contributed by atoms with Crippen LogP contribution in [0.3, 0.4) is 0 Å². The highest BCUT2D eigenvalue weighted by Crippen LogP contribution is 1.90. The number of rotatable bonds is 6. The highest BCUT2D eigenvalue weighted by molar-refractivity contribution is 5.79. The van der Waals surface area contributed by atoms with Crippen LogP contribution in [0.5, 0.6) is 0 Å². The molecular formula is C10H20O6.